The van der Waals surface area contributed by atoms with Gasteiger partial charge in [0, 0.05) is 41.5 Å². The van der Waals surface area contributed by atoms with Crippen molar-refractivity contribution in [1.29, 1.82) is 0 Å². The fourth-order valence-corrected chi connectivity index (χ4v) is 6.06. The topological polar surface area (TPSA) is 83.7 Å². The van der Waals surface area contributed by atoms with Gasteiger partial charge in [-0.3, -0.25) is 9.48 Å². The number of fused-ring (bicyclic) bond motifs is 1. The van der Waals surface area contributed by atoms with Crippen molar-refractivity contribution in [2.75, 3.05) is 0 Å². The van der Waals surface area contributed by atoms with E-state index in [9.17, 15) is 4.79 Å². The third-order valence-electron chi connectivity index (χ3n) is 7.47. The highest BCUT2D eigenvalue weighted by atomic mass is 16.2. The molecule has 1 aromatic carbocycles. The monoisotopic (exact) mass is 444 g/mol. The summed E-state index contributed by atoms with van der Waals surface area (Å²) in [7, 11) is 1.97. The maximum absolute atomic E-state index is 13.6. The Labute approximate surface area is 195 Å². The molecular weight excluding hydrogens is 412 g/mol. The zero-order valence-electron chi connectivity index (χ0n) is 20.5. The minimum Gasteiger partial charge on any atom is -0.362 e. The first-order valence-electron chi connectivity index (χ1n) is 11.6. The lowest BCUT2D eigenvalue weighted by atomic mass is 9.61. The first-order valence-corrected chi connectivity index (χ1v) is 11.6. The average Bonchev–Trinajstić information content (AvgIpc) is 3.24. The van der Waals surface area contributed by atoms with E-state index in [0.29, 0.717) is 0 Å². The van der Waals surface area contributed by atoms with Crippen molar-refractivity contribution < 1.29 is 4.79 Å². The van der Waals surface area contributed by atoms with E-state index in [4.69, 9.17) is 0 Å². The predicted molar refractivity (Wildman–Crippen MR) is 128 cm³/mol. The van der Waals surface area contributed by atoms with E-state index >= 15 is 0 Å². The van der Waals surface area contributed by atoms with Crippen LogP contribution in [0.1, 0.15) is 57.5 Å². The van der Waals surface area contributed by atoms with Crippen LogP contribution in [0.2, 0.25) is 0 Å². The Balaban J connectivity index is 1.79. The summed E-state index contributed by atoms with van der Waals surface area (Å²) in [5.74, 6) is -0.0135. The number of allylic oxidation sites excluding steroid dienone is 1. The number of azo groups is 1. The predicted octanol–water partition coefficient (Wildman–Crippen LogP) is 4.57. The summed E-state index contributed by atoms with van der Waals surface area (Å²) in [5, 5.41) is 20.4. The molecule has 0 bridgehead atoms. The van der Waals surface area contributed by atoms with E-state index in [1.54, 1.807) is 0 Å². The van der Waals surface area contributed by atoms with Crippen molar-refractivity contribution in [2.45, 2.75) is 71.5 Å². The van der Waals surface area contributed by atoms with Gasteiger partial charge >= 0.3 is 0 Å². The molecule has 2 atom stereocenters. The largest absolute Gasteiger partial charge is 0.362 e. The molecule has 1 amide bonds. The molecular formula is C26H32N6O. The van der Waals surface area contributed by atoms with Gasteiger partial charge in [-0.15, -0.1) is 0 Å². The van der Waals surface area contributed by atoms with E-state index < -0.39 is 5.41 Å². The summed E-state index contributed by atoms with van der Waals surface area (Å²) >= 11 is 0. The molecule has 2 aromatic rings. The number of carbonyl (C=O) groups excluding carboxylic acids is 1. The van der Waals surface area contributed by atoms with Gasteiger partial charge in [0.05, 0.1) is 22.4 Å². The highest BCUT2D eigenvalue weighted by Crippen LogP contribution is 2.53. The molecule has 2 unspecified atom stereocenters. The fraction of sp³-hybridized carbons (Fsp3) is 0.462. The molecule has 0 saturated carbocycles. The minimum atomic E-state index is -0.598. The second-order valence-electron chi connectivity index (χ2n) is 10.1. The third-order valence-corrected chi connectivity index (χ3v) is 7.47. The van der Waals surface area contributed by atoms with Gasteiger partial charge in [0.1, 0.15) is 0 Å². The Morgan fingerprint density at radius 2 is 1.97 bits per heavy atom. The fourth-order valence-electron chi connectivity index (χ4n) is 6.06. The van der Waals surface area contributed by atoms with E-state index in [1.165, 1.54) is 0 Å². The number of rotatable bonds is 3. The summed E-state index contributed by atoms with van der Waals surface area (Å²) in [6.45, 7) is 12.4. The van der Waals surface area contributed by atoms with Crippen LogP contribution in [0.25, 0.3) is 11.1 Å². The molecule has 7 nitrogen and oxygen atoms in total. The summed E-state index contributed by atoms with van der Waals surface area (Å²) in [4.78, 5) is 13.6. The number of nitrogens with zero attached hydrogens (tertiary/aromatic N) is 4. The maximum atomic E-state index is 13.6. The van der Waals surface area contributed by atoms with Gasteiger partial charge in [0.15, 0.2) is 6.17 Å². The molecule has 7 heteroatoms. The summed E-state index contributed by atoms with van der Waals surface area (Å²) in [5.41, 5.74) is 8.31. The molecule has 1 aromatic heterocycles. The molecule has 3 aliphatic rings. The van der Waals surface area contributed by atoms with Crippen LogP contribution in [-0.4, -0.2) is 27.4 Å². The van der Waals surface area contributed by atoms with Crippen molar-refractivity contribution in [3.63, 3.8) is 0 Å². The number of aromatic nitrogens is 2. The zero-order valence-corrected chi connectivity index (χ0v) is 20.5. The Morgan fingerprint density at radius 3 is 2.64 bits per heavy atom. The quantitative estimate of drug-likeness (QED) is 0.727. The highest BCUT2D eigenvalue weighted by Gasteiger charge is 2.54. The van der Waals surface area contributed by atoms with Crippen LogP contribution in [0.5, 0.6) is 0 Å². The van der Waals surface area contributed by atoms with Crippen LogP contribution in [-0.2, 0) is 17.3 Å². The van der Waals surface area contributed by atoms with Gasteiger partial charge in [-0.1, -0.05) is 25.1 Å². The van der Waals surface area contributed by atoms with Crippen molar-refractivity contribution in [3.8, 4) is 11.1 Å². The molecule has 33 heavy (non-hydrogen) atoms. The molecule has 5 rings (SSSR count). The van der Waals surface area contributed by atoms with E-state index in [2.05, 4.69) is 77.9 Å². The third kappa shape index (κ3) is 3.01. The molecule has 172 valence electrons. The number of benzene rings is 1. The number of aryl methyl sites for hydroxylation is 2. The average molecular weight is 445 g/mol. The Hall–Kier alpha value is -3.22. The zero-order chi connectivity index (χ0) is 23.7. The minimum absolute atomic E-state index is 0.0135. The van der Waals surface area contributed by atoms with Crippen molar-refractivity contribution in [2.24, 2.45) is 17.3 Å². The van der Waals surface area contributed by atoms with Crippen LogP contribution in [0.3, 0.4) is 0 Å². The van der Waals surface area contributed by atoms with Crippen molar-refractivity contribution in [1.82, 2.24) is 20.4 Å². The summed E-state index contributed by atoms with van der Waals surface area (Å²) in [6.07, 6.45) is 1.23. The molecule has 0 radical (unpaired) electrons. The van der Waals surface area contributed by atoms with Gasteiger partial charge in [0.25, 0.3) is 5.91 Å². The van der Waals surface area contributed by atoms with E-state index in [1.807, 2.05) is 25.6 Å². The van der Waals surface area contributed by atoms with Crippen molar-refractivity contribution >= 4 is 5.91 Å². The number of hydrogen-bond acceptors (Lipinski definition) is 5. The molecule has 0 aliphatic carbocycles. The van der Waals surface area contributed by atoms with Gasteiger partial charge in [-0.25, -0.2) is 0 Å². The number of amides is 1. The molecule has 2 N–H and O–H groups in total. The van der Waals surface area contributed by atoms with Gasteiger partial charge in [0.2, 0.25) is 0 Å². The van der Waals surface area contributed by atoms with Gasteiger partial charge < -0.3 is 10.6 Å². The smallest absolute Gasteiger partial charge is 0.250 e. The van der Waals surface area contributed by atoms with Crippen LogP contribution in [0.4, 0.5) is 0 Å². The lowest BCUT2D eigenvalue weighted by Crippen LogP contribution is -2.58. The van der Waals surface area contributed by atoms with Gasteiger partial charge in [-0.2, -0.15) is 15.3 Å². The SMILES string of the molecule is CCC1(c2cccc(-c3c(C)nn(C)c3C)c2)C2=C(CC(C)(C)NC2=O)NC2N=NC(C)=C21. The summed E-state index contributed by atoms with van der Waals surface area (Å²) < 4.78 is 1.92. The standard InChI is InChI=1S/C26H32N6O/c1-8-26(18-11-9-10-17(12-18)20-14(2)31-32(7)16(20)4)21-15(3)29-30-23(21)27-19-13-25(5,6)28-24(33)22(19)26/h9-12,23,27H,8,13H2,1-7H3,(H,28,33). The normalized spacial score (nSPS) is 25.7. The second kappa shape index (κ2) is 7.14. The Morgan fingerprint density at radius 1 is 1.21 bits per heavy atom. The number of nitrogens with one attached hydrogen (secondary N) is 2. The van der Waals surface area contributed by atoms with Crippen LogP contribution >= 0.6 is 0 Å². The lowest BCUT2D eigenvalue weighted by molar-refractivity contribution is -0.120. The first-order chi connectivity index (χ1) is 15.6. The molecule has 0 saturated heterocycles. The molecule has 0 fully saturated rings. The first kappa shape index (κ1) is 21.6. The van der Waals surface area contributed by atoms with E-state index in [-0.39, 0.29) is 17.6 Å². The van der Waals surface area contributed by atoms with Crippen LogP contribution < -0.4 is 10.6 Å². The Bertz CT molecular complexity index is 1280. The summed E-state index contributed by atoms with van der Waals surface area (Å²) in [6, 6.07) is 8.60. The van der Waals surface area contributed by atoms with Crippen LogP contribution in [0, 0.1) is 13.8 Å². The molecule has 0 spiro atoms. The number of hydrogen-bond donors (Lipinski definition) is 2. The lowest BCUT2D eigenvalue weighted by Gasteiger charge is -2.48. The highest BCUT2D eigenvalue weighted by molar-refractivity contribution is 6.00. The van der Waals surface area contributed by atoms with Gasteiger partial charge in [-0.05, 0) is 58.2 Å². The van der Waals surface area contributed by atoms with E-state index in [0.717, 1.165) is 63.5 Å². The van der Waals surface area contributed by atoms with Crippen molar-refractivity contribution in [3.05, 3.63) is 63.8 Å². The maximum Gasteiger partial charge on any atom is 0.250 e. The second-order valence-corrected chi connectivity index (χ2v) is 10.1. The molecule has 4 heterocycles. The number of carbonyl (C=O) groups is 1. The molecule has 3 aliphatic heterocycles. The Kier molecular flexibility index (Phi) is 4.68. The van der Waals surface area contributed by atoms with Crippen LogP contribution in [0.15, 0.2) is 57.0 Å².